The van der Waals surface area contributed by atoms with Crippen molar-refractivity contribution in [1.82, 2.24) is 5.32 Å². The van der Waals surface area contributed by atoms with Gasteiger partial charge in [-0.3, -0.25) is 0 Å². The molecule has 2 N–H and O–H groups in total. The first kappa shape index (κ1) is 16.2. The molecule has 1 heterocycles. The lowest BCUT2D eigenvalue weighted by atomic mass is 10.0. The zero-order valence-corrected chi connectivity index (χ0v) is 14.6. The predicted molar refractivity (Wildman–Crippen MR) is 85.1 cm³/mol. The molecule has 0 spiro atoms. The lowest BCUT2D eigenvalue weighted by molar-refractivity contribution is 0.0268. The SMILES string of the molecule is CCOc1c(Br)cc(CNCC2(O)CCOC2)cc1Br. The second kappa shape index (κ2) is 7.22. The average molecular weight is 409 g/mol. The Hall–Kier alpha value is -0.140. The Labute approximate surface area is 136 Å². The minimum atomic E-state index is -0.722. The number of nitrogens with one attached hydrogen (secondary N) is 1. The van der Waals surface area contributed by atoms with Crippen molar-refractivity contribution in [3.8, 4) is 5.75 Å². The topological polar surface area (TPSA) is 50.7 Å². The summed E-state index contributed by atoms with van der Waals surface area (Å²) >= 11 is 7.03. The molecule has 1 aliphatic heterocycles. The highest BCUT2D eigenvalue weighted by atomic mass is 79.9. The maximum absolute atomic E-state index is 10.2. The van der Waals surface area contributed by atoms with Crippen LogP contribution in [-0.2, 0) is 11.3 Å². The molecule has 1 aromatic rings. The summed E-state index contributed by atoms with van der Waals surface area (Å²) in [5.41, 5.74) is 0.398. The molecular formula is C14H19Br2NO3. The van der Waals surface area contributed by atoms with Gasteiger partial charge in [-0.25, -0.2) is 0 Å². The third kappa shape index (κ3) is 4.18. The van der Waals surface area contributed by atoms with Crippen LogP contribution in [0.15, 0.2) is 21.1 Å². The Bertz CT molecular complexity index is 439. The summed E-state index contributed by atoms with van der Waals surface area (Å²) in [5, 5.41) is 13.4. The van der Waals surface area contributed by atoms with Crippen molar-refractivity contribution in [3.05, 3.63) is 26.6 Å². The maximum atomic E-state index is 10.2. The van der Waals surface area contributed by atoms with Crippen LogP contribution in [0.5, 0.6) is 5.75 Å². The smallest absolute Gasteiger partial charge is 0.147 e. The summed E-state index contributed by atoms with van der Waals surface area (Å²) in [7, 11) is 0. The monoisotopic (exact) mass is 407 g/mol. The fourth-order valence-corrected chi connectivity index (χ4v) is 3.68. The normalized spacial score (nSPS) is 22.2. The number of benzene rings is 1. The molecule has 0 amide bonds. The van der Waals surface area contributed by atoms with E-state index in [1.54, 1.807) is 0 Å². The zero-order chi connectivity index (χ0) is 14.6. The quantitative estimate of drug-likeness (QED) is 0.759. The van der Waals surface area contributed by atoms with E-state index in [0.29, 0.717) is 39.3 Å². The van der Waals surface area contributed by atoms with Gasteiger partial charge in [0.1, 0.15) is 11.4 Å². The predicted octanol–water partition coefficient (Wildman–Crippen LogP) is 2.85. The number of hydrogen-bond donors (Lipinski definition) is 2. The number of aliphatic hydroxyl groups is 1. The van der Waals surface area contributed by atoms with Gasteiger partial charge >= 0.3 is 0 Å². The van der Waals surface area contributed by atoms with E-state index in [-0.39, 0.29) is 0 Å². The molecule has 0 radical (unpaired) electrons. The Morgan fingerprint density at radius 2 is 2.10 bits per heavy atom. The summed E-state index contributed by atoms with van der Waals surface area (Å²) in [5.74, 6) is 0.819. The molecule has 1 aromatic carbocycles. The first-order valence-corrected chi connectivity index (χ1v) is 8.24. The molecule has 2 rings (SSSR count). The van der Waals surface area contributed by atoms with Gasteiger partial charge in [-0.15, -0.1) is 0 Å². The molecular weight excluding hydrogens is 390 g/mol. The second-order valence-electron chi connectivity index (χ2n) is 4.95. The Morgan fingerprint density at radius 1 is 1.40 bits per heavy atom. The van der Waals surface area contributed by atoms with E-state index >= 15 is 0 Å². The molecule has 1 unspecified atom stereocenters. The van der Waals surface area contributed by atoms with E-state index in [2.05, 4.69) is 37.2 Å². The second-order valence-corrected chi connectivity index (χ2v) is 6.66. The molecule has 0 saturated carbocycles. The van der Waals surface area contributed by atoms with E-state index in [1.807, 2.05) is 19.1 Å². The fraction of sp³-hybridized carbons (Fsp3) is 0.571. The van der Waals surface area contributed by atoms with E-state index in [1.165, 1.54) is 0 Å². The van der Waals surface area contributed by atoms with Crippen molar-refractivity contribution in [2.24, 2.45) is 0 Å². The first-order valence-electron chi connectivity index (χ1n) is 6.65. The molecule has 0 bridgehead atoms. The van der Waals surface area contributed by atoms with E-state index < -0.39 is 5.60 Å². The highest BCUT2D eigenvalue weighted by molar-refractivity contribution is 9.11. The molecule has 6 heteroatoms. The van der Waals surface area contributed by atoms with Crippen molar-refractivity contribution in [1.29, 1.82) is 0 Å². The standard InChI is InChI=1S/C14H19Br2NO3/c1-2-20-13-11(15)5-10(6-12(13)16)7-17-8-14(18)3-4-19-9-14/h5-6,17-18H,2-4,7-9H2,1H3. The van der Waals surface area contributed by atoms with Crippen molar-refractivity contribution >= 4 is 31.9 Å². The Morgan fingerprint density at radius 3 is 2.65 bits per heavy atom. The molecule has 1 atom stereocenters. The zero-order valence-electron chi connectivity index (χ0n) is 11.4. The largest absolute Gasteiger partial charge is 0.492 e. The molecule has 0 aliphatic carbocycles. The summed E-state index contributed by atoms with van der Waals surface area (Å²) in [6, 6.07) is 4.05. The van der Waals surface area contributed by atoms with Gasteiger partial charge in [0.2, 0.25) is 0 Å². The molecule has 4 nitrogen and oxygen atoms in total. The van der Waals surface area contributed by atoms with Crippen LogP contribution in [0.3, 0.4) is 0 Å². The number of rotatable bonds is 6. The average Bonchev–Trinajstić information content (AvgIpc) is 2.81. The highest BCUT2D eigenvalue weighted by Gasteiger charge is 2.31. The minimum absolute atomic E-state index is 0.413. The summed E-state index contributed by atoms with van der Waals surface area (Å²) in [6.45, 7) is 4.86. The van der Waals surface area contributed by atoms with Crippen LogP contribution in [0, 0.1) is 0 Å². The van der Waals surface area contributed by atoms with Crippen molar-refractivity contribution in [2.75, 3.05) is 26.4 Å². The summed E-state index contributed by atoms with van der Waals surface area (Å²) in [6.07, 6.45) is 0.691. The van der Waals surface area contributed by atoms with Gasteiger partial charge in [0.05, 0.1) is 22.2 Å². The summed E-state index contributed by atoms with van der Waals surface area (Å²) < 4.78 is 12.6. The third-order valence-corrected chi connectivity index (χ3v) is 4.39. The van der Waals surface area contributed by atoms with Crippen LogP contribution < -0.4 is 10.1 Å². The lowest BCUT2D eigenvalue weighted by Crippen LogP contribution is -2.40. The van der Waals surface area contributed by atoms with Gasteiger partial charge in [-0.1, -0.05) is 0 Å². The van der Waals surface area contributed by atoms with Crippen LogP contribution in [0.25, 0.3) is 0 Å². The molecule has 20 heavy (non-hydrogen) atoms. The molecule has 1 aliphatic rings. The van der Waals surface area contributed by atoms with Gasteiger partial charge in [0.25, 0.3) is 0 Å². The van der Waals surface area contributed by atoms with Crippen LogP contribution >= 0.6 is 31.9 Å². The van der Waals surface area contributed by atoms with Gasteiger partial charge < -0.3 is 19.9 Å². The van der Waals surface area contributed by atoms with Crippen LogP contribution in [0.2, 0.25) is 0 Å². The Balaban J connectivity index is 1.93. The van der Waals surface area contributed by atoms with Crippen LogP contribution in [0.1, 0.15) is 18.9 Å². The van der Waals surface area contributed by atoms with E-state index in [0.717, 1.165) is 20.3 Å². The van der Waals surface area contributed by atoms with Crippen molar-refractivity contribution in [2.45, 2.75) is 25.5 Å². The van der Waals surface area contributed by atoms with E-state index in [9.17, 15) is 5.11 Å². The third-order valence-electron chi connectivity index (χ3n) is 3.21. The molecule has 1 saturated heterocycles. The first-order chi connectivity index (χ1) is 9.54. The van der Waals surface area contributed by atoms with Crippen molar-refractivity contribution in [3.63, 3.8) is 0 Å². The van der Waals surface area contributed by atoms with Crippen LogP contribution in [0.4, 0.5) is 0 Å². The number of hydrogen-bond acceptors (Lipinski definition) is 4. The lowest BCUT2D eigenvalue weighted by Gasteiger charge is -2.21. The number of halogens is 2. The fourth-order valence-electron chi connectivity index (χ4n) is 2.17. The molecule has 0 aromatic heterocycles. The number of ether oxygens (including phenoxy) is 2. The molecule has 112 valence electrons. The summed E-state index contributed by atoms with van der Waals surface area (Å²) in [4.78, 5) is 0. The van der Waals surface area contributed by atoms with Crippen LogP contribution in [-0.4, -0.2) is 37.1 Å². The van der Waals surface area contributed by atoms with Gasteiger partial charge in [0.15, 0.2) is 0 Å². The maximum Gasteiger partial charge on any atom is 0.147 e. The van der Waals surface area contributed by atoms with Crippen molar-refractivity contribution < 1.29 is 14.6 Å². The van der Waals surface area contributed by atoms with E-state index in [4.69, 9.17) is 9.47 Å². The van der Waals surface area contributed by atoms with Gasteiger partial charge in [-0.05, 0) is 56.5 Å². The van der Waals surface area contributed by atoms with Gasteiger partial charge in [0, 0.05) is 26.1 Å². The highest BCUT2D eigenvalue weighted by Crippen LogP contribution is 2.34. The van der Waals surface area contributed by atoms with Gasteiger partial charge in [-0.2, -0.15) is 0 Å². The Kier molecular flexibility index (Phi) is 5.86. The molecule has 1 fully saturated rings. The minimum Gasteiger partial charge on any atom is -0.492 e.